The molecule has 0 unspecified atom stereocenters. The molecule has 2 aromatic rings. The van der Waals surface area contributed by atoms with Gasteiger partial charge in [0.25, 0.3) is 5.91 Å². The van der Waals surface area contributed by atoms with Gasteiger partial charge in [-0.1, -0.05) is 55.7 Å². The van der Waals surface area contributed by atoms with Crippen LogP contribution in [0.15, 0.2) is 42.5 Å². The fourth-order valence-corrected chi connectivity index (χ4v) is 3.11. The summed E-state index contributed by atoms with van der Waals surface area (Å²) in [5.41, 5.74) is 0. The molecule has 0 aliphatic heterocycles. The lowest BCUT2D eigenvalue weighted by Gasteiger charge is -2.24. The predicted octanol–water partition coefficient (Wildman–Crippen LogP) is 4.06. The first-order valence-electron chi connectivity index (χ1n) is 8.19. The molecule has 1 fully saturated rings. The first-order valence-corrected chi connectivity index (χ1v) is 8.19. The number of hydrogen-bond acceptors (Lipinski definition) is 2. The topological polar surface area (TPSA) is 38.3 Å². The second-order valence-electron chi connectivity index (χ2n) is 6.08. The summed E-state index contributed by atoms with van der Waals surface area (Å²) >= 11 is 0. The van der Waals surface area contributed by atoms with Gasteiger partial charge in [-0.15, -0.1) is 0 Å². The standard InChI is InChI=1S/C19H23NO2/c1-14(19(21)20-16-10-3-2-4-11-16)22-18-13-7-9-15-8-5-6-12-17(15)18/h5-9,12-14,16H,2-4,10-11H2,1H3,(H,20,21)/t14-/m1/s1. The van der Waals surface area contributed by atoms with Crippen molar-refractivity contribution < 1.29 is 9.53 Å². The molecule has 2 aromatic carbocycles. The Labute approximate surface area is 131 Å². The summed E-state index contributed by atoms with van der Waals surface area (Å²) in [6, 6.07) is 14.3. The van der Waals surface area contributed by atoms with Crippen molar-refractivity contribution in [3.05, 3.63) is 42.5 Å². The molecule has 0 spiro atoms. The lowest BCUT2D eigenvalue weighted by molar-refractivity contribution is -0.128. The zero-order valence-corrected chi connectivity index (χ0v) is 13.0. The van der Waals surface area contributed by atoms with E-state index < -0.39 is 6.10 Å². The maximum absolute atomic E-state index is 12.3. The first kappa shape index (κ1) is 14.9. The highest BCUT2D eigenvalue weighted by molar-refractivity contribution is 5.89. The maximum atomic E-state index is 12.3. The molecule has 0 aromatic heterocycles. The Hall–Kier alpha value is -2.03. The molecule has 0 saturated heterocycles. The number of rotatable bonds is 4. The quantitative estimate of drug-likeness (QED) is 0.924. The summed E-state index contributed by atoms with van der Waals surface area (Å²) in [5.74, 6) is 0.754. The van der Waals surface area contributed by atoms with Crippen LogP contribution in [0.4, 0.5) is 0 Å². The molecule has 1 N–H and O–H groups in total. The SMILES string of the molecule is C[C@@H](Oc1cccc2ccccc12)C(=O)NC1CCCCC1. The minimum Gasteiger partial charge on any atom is -0.480 e. The van der Waals surface area contributed by atoms with Crippen LogP contribution in [0.2, 0.25) is 0 Å². The highest BCUT2D eigenvalue weighted by Crippen LogP contribution is 2.26. The molecule has 1 saturated carbocycles. The number of amides is 1. The van der Waals surface area contributed by atoms with Gasteiger partial charge in [0.2, 0.25) is 0 Å². The molecule has 0 radical (unpaired) electrons. The third-order valence-electron chi connectivity index (χ3n) is 4.37. The van der Waals surface area contributed by atoms with Crippen molar-refractivity contribution in [2.24, 2.45) is 0 Å². The van der Waals surface area contributed by atoms with Crippen molar-refractivity contribution in [3.63, 3.8) is 0 Å². The van der Waals surface area contributed by atoms with Crippen LogP contribution in [0.5, 0.6) is 5.75 Å². The maximum Gasteiger partial charge on any atom is 0.260 e. The summed E-state index contributed by atoms with van der Waals surface area (Å²) in [6.07, 6.45) is 5.41. The lowest BCUT2D eigenvalue weighted by Crippen LogP contribution is -2.43. The third kappa shape index (κ3) is 3.41. The largest absolute Gasteiger partial charge is 0.480 e. The molecule has 116 valence electrons. The van der Waals surface area contributed by atoms with E-state index in [0.29, 0.717) is 6.04 Å². The Bertz CT molecular complexity index is 641. The highest BCUT2D eigenvalue weighted by atomic mass is 16.5. The smallest absolute Gasteiger partial charge is 0.260 e. The number of nitrogens with one attached hydrogen (secondary N) is 1. The molecule has 1 amide bonds. The summed E-state index contributed by atoms with van der Waals surface area (Å²) in [5, 5.41) is 5.29. The summed E-state index contributed by atoms with van der Waals surface area (Å²) in [6.45, 7) is 1.82. The van der Waals surface area contributed by atoms with E-state index in [2.05, 4.69) is 17.4 Å². The van der Waals surface area contributed by atoms with Crippen LogP contribution >= 0.6 is 0 Å². The van der Waals surface area contributed by atoms with Crippen molar-refractivity contribution in [1.82, 2.24) is 5.32 Å². The van der Waals surface area contributed by atoms with E-state index in [1.54, 1.807) is 0 Å². The van der Waals surface area contributed by atoms with Crippen molar-refractivity contribution in [2.45, 2.75) is 51.2 Å². The van der Waals surface area contributed by atoms with Gasteiger partial charge in [-0.05, 0) is 31.2 Å². The van der Waals surface area contributed by atoms with E-state index in [1.807, 2.05) is 37.3 Å². The minimum atomic E-state index is -0.479. The second kappa shape index (κ2) is 6.82. The monoisotopic (exact) mass is 297 g/mol. The Morgan fingerprint density at radius 3 is 2.64 bits per heavy atom. The van der Waals surface area contributed by atoms with Crippen LogP contribution < -0.4 is 10.1 Å². The molecular formula is C19H23NO2. The average molecular weight is 297 g/mol. The van der Waals surface area contributed by atoms with Crippen LogP contribution in [-0.2, 0) is 4.79 Å². The van der Waals surface area contributed by atoms with Gasteiger partial charge in [-0.25, -0.2) is 0 Å². The van der Waals surface area contributed by atoms with E-state index in [0.717, 1.165) is 29.4 Å². The number of carbonyl (C=O) groups is 1. The number of ether oxygens (including phenoxy) is 1. The van der Waals surface area contributed by atoms with Gasteiger partial charge >= 0.3 is 0 Å². The van der Waals surface area contributed by atoms with Crippen LogP contribution in [-0.4, -0.2) is 18.1 Å². The lowest BCUT2D eigenvalue weighted by atomic mass is 9.95. The van der Waals surface area contributed by atoms with Gasteiger partial charge in [-0.3, -0.25) is 4.79 Å². The number of fused-ring (bicyclic) bond motifs is 1. The highest BCUT2D eigenvalue weighted by Gasteiger charge is 2.21. The molecule has 3 heteroatoms. The Morgan fingerprint density at radius 1 is 1.09 bits per heavy atom. The molecule has 0 bridgehead atoms. The zero-order valence-electron chi connectivity index (χ0n) is 13.0. The van der Waals surface area contributed by atoms with Gasteiger partial charge in [0.05, 0.1) is 0 Å². The van der Waals surface area contributed by atoms with Crippen LogP contribution in [0, 0.1) is 0 Å². The second-order valence-corrected chi connectivity index (χ2v) is 6.08. The molecule has 1 aliphatic carbocycles. The number of hydrogen-bond donors (Lipinski definition) is 1. The van der Waals surface area contributed by atoms with E-state index in [1.165, 1.54) is 19.3 Å². The number of carbonyl (C=O) groups excluding carboxylic acids is 1. The summed E-state index contributed by atoms with van der Waals surface area (Å²) < 4.78 is 5.92. The van der Waals surface area contributed by atoms with E-state index in [4.69, 9.17) is 4.74 Å². The van der Waals surface area contributed by atoms with Crippen LogP contribution in [0.1, 0.15) is 39.0 Å². The summed E-state index contributed by atoms with van der Waals surface area (Å²) in [7, 11) is 0. The normalized spacial score (nSPS) is 17.1. The van der Waals surface area contributed by atoms with E-state index >= 15 is 0 Å². The van der Waals surface area contributed by atoms with Crippen molar-refractivity contribution in [1.29, 1.82) is 0 Å². The van der Waals surface area contributed by atoms with Gasteiger partial charge in [-0.2, -0.15) is 0 Å². The van der Waals surface area contributed by atoms with Crippen molar-refractivity contribution in [3.8, 4) is 5.75 Å². The van der Waals surface area contributed by atoms with E-state index in [9.17, 15) is 4.79 Å². The fourth-order valence-electron chi connectivity index (χ4n) is 3.11. The Morgan fingerprint density at radius 2 is 1.82 bits per heavy atom. The third-order valence-corrected chi connectivity index (χ3v) is 4.37. The molecule has 1 aliphatic rings. The molecule has 0 heterocycles. The minimum absolute atomic E-state index is 0.0140. The predicted molar refractivity (Wildman–Crippen MR) is 89.1 cm³/mol. The van der Waals surface area contributed by atoms with Gasteiger partial charge in [0, 0.05) is 11.4 Å². The summed E-state index contributed by atoms with van der Waals surface area (Å²) in [4.78, 5) is 12.3. The molecular weight excluding hydrogens is 274 g/mol. The van der Waals surface area contributed by atoms with Crippen LogP contribution in [0.3, 0.4) is 0 Å². The Balaban J connectivity index is 1.67. The molecule has 3 nitrogen and oxygen atoms in total. The van der Waals surface area contributed by atoms with Crippen molar-refractivity contribution >= 4 is 16.7 Å². The molecule has 22 heavy (non-hydrogen) atoms. The fraction of sp³-hybridized carbons (Fsp3) is 0.421. The first-order chi connectivity index (χ1) is 10.7. The van der Waals surface area contributed by atoms with Crippen LogP contribution in [0.25, 0.3) is 10.8 Å². The average Bonchev–Trinajstić information content (AvgIpc) is 2.56. The zero-order chi connectivity index (χ0) is 15.4. The number of benzene rings is 2. The van der Waals surface area contributed by atoms with Gasteiger partial charge < -0.3 is 10.1 Å². The Kier molecular flexibility index (Phi) is 4.62. The van der Waals surface area contributed by atoms with Gasteiger partial charge in [0.1, 0.15) is 5.75 Å². The van der Waals surface area contributed by atoms with E-state index in [-0.39, 0.29) is 5.91 Å². The van der Waals surface area contributed by atoms with Gasteiger partial charge in [0.15, 0.2) is 6.10 Å². The van der Waals surface area contributed by atoms with Crippen molar-refractivity contribution in [2.75, 3.05) is 0 Å². The molecule has 3 rings (SSSR count). The molecule has 1 atom stereocenters.